The average molecular weight is 318 g/mol. The van der Waals surface area contributed by atoms with E-state index in [0.29, 0.717) is 6.42 Å². The van der Waals surface area contributed by atoms with Crippen LogP contribution in [0.4, 0.5) is 5.69 Å². The highest BCUT2D eigenvalue weighted by molar-refractivity contribution is 5.88. The summed E-state index contributed by atoms with van der Waals surface area (Å²) in [6.45, 7) is 1.60. The Bertz CT molecular complexity index is 528. The number of hydrogen-bond acceptors (Lipinski definition) is 3. The van der Waals surface area contributed by atoms with E-state index >= 15 is 0 Å². The number of anilines is 1. The maximum atomic E-state index is 12.3. The molecule has 0 heterocycles. The molecule has 1 aliphatic carbocycles. The molecule has 2 unspecified atom stereocenters. The molecule has 3 N–H and O–H groups in total. The van der Waals surface area contributed by atoms with Gasteiger partial charge in [-0.05, 0) is 30.5 Å². The maximum Gasteiger partial charge on any atom is 0.224 e. The van der Waals surface area contributed by atoms with E-state index < -0.39 is 0 Å². The average Bonchev–Trinajstić information content (AvgIpc) is 2.73. The van der Waals surface area contributed by atoms with E-state index in [1.54, 1.807) is 12.1 Å². The number of rotatable bonds is 5. The molecular formula is C18H26N2O3. The third-order valence-electron chi connectivity index (χ3n) is 4.38. The van der Waals surface area contributed by atoms with Crippen LogP contribution >= 0.6 is 0 Å². The number of carbonyl (C=O) groups excluding carboxylic acids is 2. The fourth-order valence-electron chi connectivity index (χ4n) is 3.15. The summed E-state index contributed by atoms with van der Waals surface area (Å²) in [4.78, 5) is 23.2. The molecule has 0 aliphatic heterocycles. The highest BCUT2D eigenvalue weighted by atomic mass is 16.3. The minimum Gasteiger partial charge on any atom is -0.396 e. The minimum atomic E-state index is -0.112. The summed E-state index contributed by atoms with van der Waals surface area (Å²) in [7, 11) is 0. The van der Waals surface area contributed by atoms with Gasteiger partial charge in [0, 0.05) is 31.2 Å². The summed E-state index contributed by atoms with van der Waals surface area (Å²) in [6, 6.07) is 7.37. The number of aliphatic hydroxyl groups excluding tert-OH is 1. The van der Waals surface area contributed by atoms with Gasteiger partial charge < -0.3 is 15.7 Å². The van der Waals surface area contributed by atoms with Crippen molar-refractivity contribution in [1.29, 1.82) is 0 Å². The number of nitrogens with one attached hydrogen (secondary N) is 2. The maximum absolute atomic E-state index is 12.3. The van der Waals surface area contributed by atoms with Crippen molar-refractivity contribution in [2.24, 2.45) is 5.92 Å². The molecule has 0 aromatic heterocycles. The summed E-state index contributed by atoms with van der Waals surface area (Å²) >= 11 is 0. The fraction of sp³-hybridized carbons (Fsp3) is 0.556. The van der Waals surface area contributed by atoms with Gasteiger partial charge in [0.2, 0.25) is 11.8 Å². The topological polar surface area (TPSA) is 78.4 Å². The molecule has 0 bridgehead atoms. The summed E-state index contributed by atoms with van der Waals surface area (Å²) in [5.41, 5.74) is 1.64. The standard InChI is InChI=1S/C18H26N2O3/c1-13(22)19-16-9-7-14(8-10-16)11-18(23)20-17-6-4-2-3-5-15(17)12-21/h7-10,15,17,21H,2-6,11-12H2,1H3,(H,19,22)(H,20,23). The van der Waals surface area contributed by atoms with Crippen LogP contribution in [0.15, 0.2) is 24.3 Å². The van der Waals surface area contributed by atoms with Crippen LogP contribution in [0.1, 0.15) is 44.6 Å². The first kappa shape index (κ1) is 17.5. The van der Waals surface area contributed by atoms with E-state index in [9.17, 15) is 14.7 Å². The zero-order valence-electron chi connectivity index (χ0n) is 13.7. The lowest BCUT2D eigenvalue weighted by molar-refractivity contribution is -0.121. The van der Waals surface area contributed by atoms with Gasteiger partial charge in [-0.1, -0.05) is 31.4 Å². The van der Waals surface area contributed by atoms with Crippen LogP contribution in [0.5, 0.6) is 0 Å². The Balaban J connectivity index is 1.89. The zero-order valence-corrected chi connectivity index (χ0v) is 13.7. The number of hydrogen-bond donors (Lipinski definition) is 3. The van der Waals surface area contributed by atoms with Crippen LogP contribution in [0.2, 0.25) is 0 Å². The van der Waals surface area contributed by atoms with E-state index in [0.717, 1.165) is 36.9 Å². The first-order chi connectivity index (χ1) is 11.1. The molecule has 5 heteroatoms. The van der Waals surface area contributed by atoms with Crippen LogP contribution < -0.4 is 10.6 Å². The first-order valence-corrected chi connectivity index (χ1v) is 8.35. The van der Waals surface area contributed by atoms with Gasteiger partial charge in [-0.15, -0.1) is 0 Å². The molecule has 0 saturated heterocycles. The van der Waals surface area contributed by atoms with Gasteiger partial charge in [0.25, 0.3) is 0 Å². The predicted octanol–water partition coefficient (Wildman–Crippen LogP) is 2.24. The van der Waals surface area contributed by atoms with Crippen molar-refractivity contribution in [1.82, 2.24) is 5.32 Å². The normalized spacial score (nSPS) is 21.3. The Hall–Kier alpha value is -1.88. The molecule has 2 rings (SSSR count). The lowest BCUT2D eigenvalue weighted by atomic mass is 9.95. The third kappa shape index (κ3) is 5.67. The smallest absolute Gasteiger partial charge is 0.224 e. The second-order valence-electron chi connectivity index (χ2n) is 6.31. The van der Waals surface area contributed by atoms with Crippen molar-refractivity contribution < 1.29 is 14.7 Å². The molecule has 1 fully saturated rings. The quantitative estimate of drug-likeness (QED) is 0.729. The Morgan fingerprint density at radius 1 is 1.13 bits per heavy atom. The molecule has 1 saturated carbocycles. The molecule has 126 valence electrons. The van der Waals surface area contributed by atoms with Crippen LogP contribution in [0.3, 0.4) is 0 Å². The van der Waals surface area contributed by atoms with Crippen LogP contribution in [-0.2, 0) is 16.0 Å². The molecule has 1 aromatic rings. The van der Waals surface area contributed by atoms with Gasteiger partial charge in [0.15, 0.2) is 0 Å². The predicted molar refractivity (Wildman–Crippen MR) is 90.0 cm³/mol. The van der Waals surface area contributed by atoms with Crippen molar-refractivity contribution in [3.8, 4) is 0 Å². The monoisotopic (exact) mass is 318 g/mol. The van der Waals surface area contributed by atoms with E-state index in [1.165, 1.54) is 13.3 Å². The Morgan fingerprint density at radius 2 is 1.83 bits per heavy atom. The Kier molecular flexibility index (Phi) is 6.59. The summed E-state index contributed by atoms with van der Waals surface area (Å²) in [5.74, 6) is 0.0464. The van der Waals surface area contributed by atoms with Crippen molar-refractivity contribution >= 4 is 17.5 Å². The second-order valence-corrected chi connectivity index (χ2v) is 6.31. The third-order valence-corrected chi connectivity index (χ3v) is 4.38. The van der Waals surface area contributed by atoms with Gasteiger partial charge in [-0.25, -0.2) is 0 Å². The van der Waals surface area contributed by atoms with Crippen molar-refractivity contribution in [2.45, 2.75) is 51.5 Å². The number of amides is 2. The van der Waals surface area contributed by atoms with Gasteiger partial charge >= 0.3 is 0 Å². The second kappa shape index (κ2) is 8.67. The fourth-order valence-corrected chi connectivity index (χ4v) is 3.15. The van der Waals surface area contributed by atoms with Gasteiger partial charge in [-0.3, -0.25) is 9.59 Å². The zero-order chi connectivity index (χ0) is 16.7. The molecular weight excluding hydrogens is 292 g/mol. The van der Waals surface area contributed by atoms with Crippen LogP contribution in [0.25, 0.3) is 0 Å². The summed E-state index contributed by atoms with van der Waals surface area (Å²) in [5, 5.41) is 15.3. The number of carbonyl (C=O) groups is 2. The van der Waals surface area contributed by atoms with Gasteiger partial charge in [0.05, 0.1) is 6.42 Å². The van der Waals surface area contributed by atoms with Gasteiger partial charge in [0.1, 0.15) is 0 Å². The molecule has 2 atom stereocenters. The largest absolute Gasteiger partial charge is 0.396 e. The molecule has 1 aromatic carbocycles. The van der Waals surface area contributed by atoms with Crippen molar-refractivity contribution in [3.63, 3.8) is 0 Å². The SMILES string of the molecule is CC(=O)Nc1ccc(CC(=O)NC2CCCCCC2CO)cc1. The first-order valence-electron chi connectivity index (χ1n) is 8.35. The molecule has 1 aliphatic rings. The lowest BCUT2D eigenvalue weighted by Crippen LogP contribution is -2.41. The van der Waals surface area contributed by atoms with Crippen molar-refractivity contribution in [3.05, 3.63) is 29.8 Å². The lowest BCUT2D eigenvalue weighted by Gasteiger charge is -2.24. The van der Waals surface area contributed by atoms with Crippen LogP contribution in [0, 0.1) is 5.92 Å². The minimum absolute atomic E-state index is 0.0115. The van der Waals surface area contributed by atoms with E-state index in [-0.39, 0.29) is 30.4 Å². The summed E-state index contributed by atoms with van der Waals surface area (Å²) < 4.78 is 0. The number of aliphatic hydroxyl groups is 1. The van der Waals surface area contributed by atoms with E-state index in [2.05, 4.69) is 10.6 Å². The molecule has 23 heavy (non-hydrogen) atoms. The number of benzene rings is 1. The van der Waals surface area contributed by atoms with Gasteiger partial charge in [-0.2, -0.15) is 0 Å². The highest BCUT2D eigenvalue weighted by Crippen LogP contribution is 2.23. The van der Waals surface area contributed by atoms with Crippen LogP contribution in [-0.4, -0.2) is 29.6 Å². The van der Waals surface area contributed by atoms with Crippen molar-refractivity contribution in [2.75, 3.05) is 11.9 Å². The molecule has 2 amide bonds. The Morgan fingerprint density at radius 3 is 2.48 bits per heavy atom. The van der Waals surface area contributed by atoms with E-state index in [4.69, 9.17) is 0 Å². The molecule has 0 spiro atoms. The Labute approximate surface area is 137 Å². The van der Waals surface area contributed by atoms with E-state index in [1.807, 2.05) is 12.1 Å². The summed E-state index contributed by atoms with van der Waals surface area (Å²) in [6.07, 6.45) is 5.64. The molecule has 0 radical (unpaired) electrons. The molecule has 5 nitrogen and oxygen atoms in total. The highest BCUT2D eigenvalue weighted by Gasteiger charge is 2.24.